The molecule has 0 amide bonds. The van der Waals surface area contributed by atoms with E-state index in [2.05, 4.69) is 19.7 Å². The molecule has 2 aromatic rings. The first-order valence-corrected chi connectivity index (χ1v) is 6.32. The lowest BCUT2D eigenvalue weighted by atomic mass is 9.95. The summed E-state index contributed by atoms with van der Waals surface area (Å²) in [6, 6.07) is 0.446. The monoisotopic (exact) mass is 250 g/mol. The smallest absolute Gasteiger partial charge is 0.195 e. The van der Waals surface area contributed by atoms with E-state index in [1.807, 2.05) is 0 Å². The molecule has 3 rings (SSSR count). The summed E-state index contributed by atoms with van der Waals surface area (Å²) in [4.78, 5) is 4.14. The second-order valence-electron chi connectivity index (χ2n) is 4.39. The van der Waals surface area contributed by atoms with Gasteiger partial charge in [0.1, 0.15) is 12.0 Å². The molecule has 1 aliphatic carbocycles. The summed E-state index contributed by atoms with van der Waals surface area (Å²) in [5.41, 5.74) is 0.739. The van der Waals surface area contributed by atoms with E-state index in [9.17, 15) is 0 Å². The highest BCUT2D eigenvalue weighted by atomic mass is 32.1. The molecule has 0 saturated heterocycles. The van der Waals surface area contributed by atoms with Crippen LogP contribution < -0.4 is 0 Å². The van der Waals surface area contributed by atoms with Crippen molar-refractivity contribution in [3.8, 4) is 11.5 Å². The molecule has 0 bridgehead atoms. The first kappa shape index (κ1) is 10.7. The number of hydrogen-bond donors (Lipinski definition) is 1. The SMILES string of the molecule is S=c1[nH]nc(-c2cocn2)n1C1CCCCC1. The average Bonchev–Trinajstić information content (AvgIpc) is 2.98. The molecule has 1 aliphatic rings. The minimum absolute atomic E-state index is 0.446. The quantitative estimate of drug-likeness (QED) is 0.832. The van der Waals surface area contributed by atoms with Crippen molar-refractivity contribution in [2.24, 2.45) is 0 Å². The summed E-state index contributed by atoms with van der Waals surface area (Å²) < 4.78 is 7.77. The summed E-state index contributed by atoms with van der Waals surface area (Å²) >= 11 is 5.31. The maximum atomic E-state index is 5.31. The third kappa shape index (κ3) is 1.93. The zero-order chi connectivity index (χ0) is 11.7. The highest BCUT2D eigenvalue weighted by molar-refractivity contribution is 7.71. The van der Waals surface area contributed by atoms with Crippen LogP contribution in [0.2, 0.25) is 0 Å². The zero-order valence-corrected chi connectivity index (χ0v) is 10.2. The van der Waals surface area contributed by atoms with Crippen LogP contribution in [0, 0.1) is 4.77 Å². The van der Waals surface area contributed by atoms with Crippen molar-refractivity contribution >= 4 is 12.2 Å². The van der Waals surface area contributed by atoms with Crippen LogP contribution in [0.5, 0.6) is 0 Å². The molecule has 1 saturated carbocycles. The predicted molar refractivity (Wildman–Crippen MR) is 65.0 cm³/mol. The predicted octanol–water partition coefficient (Wildman–Crippen LogP) is 3.10. The second kappa shape index (κ2) is 4.44. The highest BCUT2D eigenvalue weighted by Crippen LogP contribution is 2.31. The Morgan fingerprint density at radius 3 is 2.88 bits per heavy atom. The van der Waals surface area contributed by atoms with Crippen molar-refractivity contribution in [1.82, 2.24) is 19.7 Å². The van der Waals surface area contributed by atoms with E-state index in [4.69, 9.17) is 16.6 Å². The number of rotatable bonds is 2. The molecule has 2 aromatic heterocycles. The van der Waals surface area contributed by atoms with Gasteiger partial charge in [-0.15, -0.1) is 0 Å². The van der Waals surface area contributed by atoms with E-state index >= 15 is 0 Å². The van der Waals surface area contributed by atoms with Gasteiger partial charge in [0.2, 0.25) is 0 Å². The lowest BCUT2D eigenvalue weighted by molar-refractivity contribution is 0.352. The van der Waals surface area contributed by atoms with Gasteiger partial charge in [0.25, 0.3) is 0 Å². The summed E-state index contributed by atoms with van der Waals surface area (Å²) in [5.74, 6) is 0.788. The van der Waals surface area contributed by atoms with Crippen molar-refractivity contribution in [2.45, 2.75) is 38.1 Å². The normalized spacial score (nSPS) is 17.4. The molecule has 90 valence electrons. The van der Waals surface area contributed by atoms with Gasteiger partial charge in [-0.25, -0.2) is 4.98 Å². The molecule has 0 aromatic carbocycles. The number of nitrogens with zero attached hydrogens (tertiary/aromatic N) is 3. The lowest BCUT2D eigenvalue weighted by Crippen LogP contribution is -2.14. The third-order valence-electron chi connectivity index (χ3n) is 3.31. The molecule has 0 radical (unpaired) electrons. The van der Waals surface area contributed by atoms with Gasteiger partial charge in [-0.05, 0) is 25.1 Å². The van der Waals surface area contributed by atoms with E-state index in [1.54, 1.807) is 6.26 Å². The average molecular weight is 250 g/mol. The fraction of sp³-hybridized carbons (Fsp3) is 0.545. The van der Waals surface area contributed by atoms with Gasteiger partial charge in [0, 0.05) is 6.04 Å². The minimum Gasteiger partial charge on any atom is -0.451 e. The number of aromatic nitrogens is 4. The maximum Gasteiger partial charge on any atom is 0.195 e. The van der Waals surface area contributed by atoms with Gasteiger partial charge in [0.15, 0.2) is 17.0 Å². The number of nitrogens with one attached hydrogen (secondary N) is 1. The molecule has 0 atom stereocenters. The Morgan fingerprint density at radius 2 is 2.18 bits per heavy atom. The standard InChI is InChI=1S/C11H14N4OS/c17-11-14-13-10(9-6-16-7-12-9)15(11)8-4-2-1-3-5-8/h6-8H,1-5H2,(H,14,17). The second-order valence-corrected chi connectivity index (χ2v) is 4.77. The number of oxazole rings is 1. The minimum atomic E-state index is 0.446. The topological polar surface area (TPSA) is 59.6 Å². The van der Waals surface area contributed by atoms with E-state index in [0.29, 0.717) is 10.8 Å². The van der Waals surface area contributed by atoms with Crippen molar-refractivity contribution in [2.75, 3.05) is 0 Å². The van der Waals surface area contributed by atoms with Crippen LogP contribution in [0.15, 0.2) is 17.1 Å². The molecular weight excluding hydrogens is 236 g/mol. The van der Waals surface area contributed by atoms with Crippen LogP contribution in [0.25, 0.3) is 11.5 Å². The largest absolute Gasteiger partial charge is 0.451 e. The van der Waals surface area contributed by atoms with Gasteiger partial charge in [0.05, 0.1) is 0 Å². The molecule has 0 unspecified atom stereocenters. The first-order valence-electron chi connectivity index (χ1n) is 5.92. The molecule has 5 nitrogen and oxygen atoms in total. The molecule has 6 heteroatoms. The van der Waals surface area contributed by atoms with Gasteiger partial charge >= 0.3 is 0 Å². The maximum absolute atomic E-state index is 5.31. The summed E-state index contributed by atoms with van der Waals surface area (Å²) in [6.07, 6.45) is 9.19. The summed E-state index contributed by atoms with van der Waals surface area (Å²) in [6.45, 7) is 0. The van der Waals surface area contributed by atoms with Crippen LogP contribution in [0.3, 0.4) is 0 Å². The number of aromatic amines is 1. The molecule has 1 fully saturated rings. The van der Waals surface area contributed by atoms with Crippen molar-refractivity contribution < 1.29 is 4.42 Å². The highest BCUT2D eigenvalue weighted by Gasteiger charge is 2.21. The van der Waals surface area contributed by atoms with Crippen LogP contribution in [0.4, 0.5) is 0 Å². The Morgan fingerprint density at radius 1 is 1.35 bits per heavy atom. The Bertz CT molecular complexity index is 536. The van der Waals surface area contributed by atoms with Crippen LogP contribution in [-0.4, -0.2) is 19.7 Å². The Balaban J connectivity index is 2.03. The van der Waals surface area contributed by atoms with E-state index in [0.717, 1.165) is 11.5 Å². The third-order valence-corrected chi connectivity index (χ3v) is 3.59. The summed E-state index contributed by atoms with van der Waals surface area (Å²) in [5, 5.41) is 7.11. The van der Waals surface area contributed by atoms with Gasteiger partial charge in [-0.3, -0.25) is 9.67 Å². The van der Waals surface area contributed by atoms with Crippen LogP contribution >= 0.6 is 12.2 Å². The fourth-order valence-electron chi connectivity index (χ4n) is 2.49. The molecule has 2 heterocycles. The van der Waals surface area contributed by atoms with Crippen molar-refractivity contribution in [3.05, 3.63) is 17.4 Å². The zero-order valence-electron chi connectivity index (χ0n) is 9.43. The van der Waals surface area contributed by atoms with Gasteiger partial charge < -0.3 is 4.42 Å². The lowest BCUT2D eigenvalue weighted by Gasteiger charge is -2.23. The number of H-pyrrole nitrogens is 1. The van der Waals surface area contributed by atoms with Gasteiger partial charge in [-0.1, -0.05) is 19.3 Å². The van der Waals surface area contributed by atoms with Crippen molar-refractivity contribution in [3.63, 3.8) is 0 Å². The Hall–Kier alpha value is -1.43. The Kier molecular flexibility index (Phi) is 2.80. The van der Waals surface area contributed by atoms with E-state index in [1.165, 1.54) is 38.5 Å². The van der Waals surface area contributed by atoms with Gasteiger partial charge in [-0.2, -0.15) is 5.10 Å². The molecule has 1 N–H and O–H groups in total. The number of hydrogen-bond acceptors (Lipinski definition) is 4. The fourth-order valence-corrected chi connectivity index (χ4v) is 2.77. The Labute approximate surface area is 104 Å². The molecular formula is C11H14N4OS. The van der Waals surface area contributed by atoms with Crippen LogP contribution in [0.1, 0.15) is 38.1 Å². The van der Waals surface area contributed by atoms with E-state index < -0.39 is 0 Å². The molecule has 17 heavy (non-hydrogen) atoms. The molecule has 0 spiro atoms. The van der Waals surface area contributed by atoms with E-state index in [-0.39, 0.29) is 0 Å². The molecule has 0 aliphatic heterocycles. The summed E-state index contributed by atoms with van der Waals surface area (Å²) in [7, 11) is 0. The first-order chi connectivity index (χ1) is 8.36. The van der Waals surface area contributed by atoms with Crippen molar-refractivity contribution in [1.29, 1.82) is 0 Å². The van der Waals surface area contributed by atoms with Crippen LogP contribution in [-0.2, 0) is 0 Å².